The van der Waals surface area contributed by atoms with Gasteiger partial charge in [-0.2, -0.15) is 5.10 Å². The van der Waals surface area contributed by atoms with Crippen molar-refractivity contribution in [1.29, 1.82) is 0 Å². The van der Waals surface area contributed by atoms with Crippen LogP contribution in [0.25, 0.3) is 0 Å². The number of nitrogens with one attached hydrogen (secondary N) is 1. The van der Waals surface area contributed by atoms with Gasteiger partial charge >= 0.3 is 5.69 Å². The highest BCUT2D eigenvalue weighted by molar-refractivity contribution is 9.10. The molecule has 6 nitrogen and oxygen atoms in total. The first-order chi connectivity index (χ1) is 10.1. The number of hydrogen-bond acceptors (Lipinski definition) is 3. The van der Waals surface area contributed by atoms with Gasteiger partial charge in [-0.25, -0.2) is 9.48 Å². The normalized spacial score (nSPS) is 13.8. The number of carbonyl (C=O) groups is 1. The number of carbonyl (C=O) groups excluding carboxylic acids is 1. The minimum absolute atomic E-state index is 0.0641. The molecule has 1 N–H and O–H groups in total. The van der Waals surface area contributed by atoms with Crippen LogP contribution in [0.1, 0.15) is 18.7 Å². The fourth-order valence-corrected chi connectivity index (χ4v) is 2.85. The van der Waals surface area contributed by atoms with Crippen LogP contribution in [-0.2, 0) is 24.3 Å². The molecular formula is C14H15BrN4O2. The van der Waals surface area contributed by atoms with Crippen molar-refractivity contribution in [1.82, 2.24) is 14.3 Å². The molecule has 1 amide bonds. The van der Waals surface area contributed by atoms with E-state index in [4.69, 9.17) is 0 Å². The average Bonchev–Trinajstić information content (AvgIpc) is 2.76. The van der Waals surface area contributed by atoms with E-state index in [1.807, 2.05) is 12.1 Å². The van der Waals surface area contributed by atoms with Crippen molar-refractivity contribution in [2.24, 2.45) is 0 Å². The van der Waals surface area contributed by atoms with Gasteiger partial charge in [-0.1, -0.05) is 22.0 Å². The van der Waals surface area contributed by atoms with E-state index in [-0.39, 0.29) is 18.1 Å². The molecular weight excluding hydrogens is 336 g/mol. The van der Waals surface area contributed by atoms with Gasteiger partial charge in [0.05, 0.1) is 0 Å². The predicted octanol–water partition coefficient (Wildman–Crippen LogP) is 1.78. The number of nitrogens with zero attached hydrogens (tertiary/aromatic N) is 3. The maximum Gasteiger partial charge on any atom is 0.346 e. The van der Waals surface area contributed by atoms with Crippen LogP contribution in [0.15, 0.2) is 33.5 Å². The van der Waals surface area contributed by atoms with E-state index in [2.05, 4.69) is 26.3 Å². The van der Waals surface area contributed by atoms with Crippen LogP contribution in [-0.4, -0.2) is 20.3 Å². The van der Waals surface area contributed by atoms with Gasteiger partial charge < -0.3 is 5.32 Å². The summed E-state index contributed by atoms with van der Waals surface area (Å²) in [4.78, 5) is 24.2. The van der Waals surface area contributed by atoms with E-state index in [0.29, 0.717) is 12.2 Å². The third kappa shape index (κ3) is 3.07. The predicted molar refractivity (Wildman–Crippen MR) is 82.2 cm³/mol. The van der Waals surface area contributed by atoms with E-state index >= 15 is 0 Å². The molecule has 0 saturated heterocycles. The number of fused-ring (bicyclic) bond motifs is 1. The van der Waals surface area contributed by atoms with Gasteiger partial charge in [0.15, 0.2) is 0 Å². The molecule has 1 aromatic heterocycles. The van der Waals surface area contributed by atoms with Gasteiger partial charge in [0, 0.05) is 23.1 Å². The first kappa shape index (κ1) is 14.1. The smallest absolute Gasteiger partial charge is 0.324 e. The summed E-state index contributed by atoms with van der Waals surface area (Å²) in [5.41, 5.74) is 0.487. The van der Waals surface area contributed by atoms with Crippen molar-refractivity contribution in [3.05, 3.63) is 45.0 Å². The molecule has 7 heteroatoms. The molecule has 0 saturated carbocycles. The minimum atomic E-state index is -0.259. The topological polar surface area (TPSA) is 68.9 Å². The molecule has 3 rings (SSSR count). The van der Waals surface area contributed by atoms with Gasteiger partial charge in [0.25, 0.3) is 0 Å². The lowest BCUT2D eigenvalue weighted by atomic mass is 10.2. The van der Waals surface area contributed by atoms with E-state index in [0.717, 1.165) is 29.6 Å². The molecule has 2 heterocycles. The van der Waals surface area contributed by atoms with Crippen molar-refractivity contribution in [2.45, 2.75) is 32.4 Å². The molecule has 0 atom stereocenters. The third-order valence-electron chi connectivity index (χ3n) is 3.43. The largest absolute Gasteiger partial charge is 0.346 e. The lowest BCUT2D eigenvalue weighted by Crippen LogP contribution is -2.30. The van der Waals surface area contributed by atoms with E-state index in [9.17, 15) is 9.59 Å². The zero-order valence-corrected chi connectivity index (χ0v) is 13.0. The fourth-order valence-electron chi connectivity index (χ4n) is 2.45. The lowest BCUT2D eigenvalue weighted by Gasteiger charge is -2.09. The van der Waals surface area contributed by atoms with Crippen molar-refractivity contribution < 1.29 is 4.79 Å². The van der Waals surface area contributed by atoms with Crippen molar-refractivity contribution >= 4 is 27.5 Å². The summed E-state index contributed by atoms with van der Waals surface area (Å²) >= 11 is 3.35. The summed E-state index contributed by atoms with van der Waals surface area (Å²) in [7, 11) is 0. The summed E-state index contributed by atoms with van der Waals surface area (Å²) in [5, 5.41) is 7.01. The summed E-state index contributed by atoms with van der Waals surface area (Å²) < 4.78 is 3.79. The SMILES string of the molecule is O=C(Cn1nc2n(c1=O)CCCC2)Nc1cccc(Br)c1. The summed E-state index contributed by atoms with van der Waals surface area (Å²) in [6.45, 7) is 0.632. The molecule has 21 heavy (non-hydrogen) atoms. The Kier molecular flexibility index (Phi) is 3.92. The van der Waals surface area contributed by atoms with Crippen LogP contribution in [0.3, 0.4) is 0 Å². The number of anilines is 1. The van der Waals surface area contributed by atoms with Gasteiger partial charge in [-0.15, -0.1) is 0 Å². The second kappa shape index (κ2) is 5.85. The summed E-state index contributed by atoms with van der Waals surface area (Å²) in [6.07, 6.45) is 2.83. The molecule has 0 bridgehead atoms. The molecule has 1 aliphatic heterocycles. The van der Waals surface area contributed by atoms with Crippen molar-refractivity contribution in [3.63, 3.8) is 0 Å². The highest BCUT2D eigenvalue weighted by Gasteiger charge is 2.18. The Balaban J connectivity index is 1.73. The quantitative estimate of drug-likeness (QED) is 0.917. The van der Waals surface area contributed by atoms with Crippen LogP contribution in [0, 0.1) is 0 Å². The molecule has 0 fully saturated rings. The molecule has 0 unspecified atom stereocenters. The number of aryl methyl sites for hydroxylation is 1. The number of halogens is 1. The summed E-state index contributed by atoms with van der Waals surface area (Å²) in [5.74, 6) is 0.521. The lowest BCUT2D eigenvalue weighted by molar-refractivity contribution is -0.117. The van der Waals surface area contributed by atoms with Crippen LogP contribution in [0.2, 0.25) is 0 Å². The summed E-state index contributed by atoms with van der Waals surface area (Å²) in [6, 6.07) is 7.31. The third-order valence-corrected chi connectivity index (χ3v) is 3.93. The van der Waals surface area contributed by atoms with Gasteiger partial charge in [0.1, 0.15) is 12.4 Å². The Morgan fingerprint density at radius 1 is 1.38 bits per heavy atom. The Bertz CT molecular complexity index is 735. The van der Waals surface area contributed by atoms with Gasteiger partial charge in [-0.3, -0.25) is 9.36 Å². The number of hydrogen-bond donors (Lipinski definition) is 1. The average molecular weight is 351 g/mol. The number of rotatable bonds is 3. The number of aromatic nitrogens is 3. The Morgan fingerprint density at radius 3 is 3.00 bits per heavy atom. The van der Waals surface area contributed by atoms with Crippen LogP contribution in [0.4, 0.5) is 5.69 Å². The molecule has 110 valence electrons. The second-order valence-electron chi connectivity index (χ2n) is 5.02. The molecule has 2 aromatic rings. The standard InChI is InChI=1S/C14H15BrN4O2/c15-10-4-3-5-11(8-10)16-13(20)9-19-14(21)18-7-2-1-6-12(18)17-19/h3-5,8H,1-2,6-7,9H2,(H,16,20). The molecule has 1 aliphatic rings. The van der Waals surface area contributed by atoms with Crippen LogP contribution >= 0.6 is 15.9 Å². The van der Waals surface area contributed by atoms with E-state index in [1.54, 1.807) is 16.7 Å². The maximum absolute atomic E-state index is 12.1. The monoisotopic (exact) mass is 350 g/mol. The Hall–Kier alpha value is -1.89. The molecule has 1 aromatic carbocycles. The zero-order chi connectivity index (χ0) is 14.8. The van der Waals surface area contributed by atoms with Crippen LogP contribution in [0.5, 0.6) is 0 Å². The molecule has 0 aliphatic carbocycles. The van der Waals surface area contributed by atoms with Crippen LogP contribution < -0.4 is 11.0 Å². The molecule has 0 spiro atoms. The fraction of sp³-hybridized carbons (Fsp3) is 0.357. The number of amides is 1. The molecule has 0 radical (unpaired) electrons. The Morgan fingerprint density at radius 2 is 2.24 bits per heavy atom. The van der Waals surface area contributed by atoms with E-state index in [1.165, 1.54) is 4.68 Å². The van der Waals surface area contributed by atoms with E-state index < -0.39 is 0 Å². The number of benzene rings is 1. The maximum atomic E-state index is 12.1. The van der Waals surface area contributed by atoms with Gasteiger partial charge in [0.2, 0.25) is 5.91 Å². The highest BCUT2D eigenvalue weighted by atomic mass is 79.9. The first-order valence-corrected chi connectivity index (χ1v) is 7.65. The van der Waals surface area contributed by atoms with Crippen molar-refractivity contribution in [2.75, 3.05) is 5.32 Å². The second-order valence-corrected chi connectivity index (χ2v) is 5.94. The first-order valence-electron chi connectivity index (χ1n) is 6.85. The van der Waals surface area contributed by atoms with Gasteiger partial charge in [-0.05, 0) is 31.0 Å². The zero-order valence-electron chi connectivity index (χ0n) is 11.4. The highest BCUT2D eigenvalue weighted by Crippen LogP contribution is 2.15. The Labute approximate surface area is 129 Å². The minimum Gasteiger partial charge on any atom is -0.324 e. The van der Waals surface area contributed by atoms with Crippen molar-refractivity contribution in [3.8, 4) is 0 Å².